The van der Waals surface area contributed by atoms with Crippen LogP contribution in [0.4, 0.5) is 26.4 Å². The van der Waals surface area contributed by atoms with E-state index in [4.69, 9.17) is 16.6 Å². The second-order valence-corrected chi connectivity index (χ2v) is 10.4. The maximum atomic E-state index is 13.3. The summed E-state index contributed by atoms with van der Waals surface area (Å²) in [7, 11) is 1.17. The van der Waals surface area contributed by atoms with Crippen molar-refractivity contribution in [1.29, 1.82) is 0 Å². The predicted octanol–water partition coefficient (Wildman–Crippen LogP) is 5.86. The molecule has 2 aromatic heterocycles. The van der Waals surface area contributed by atoms with Gasteiger partial charge in [-0.1, -0.05) is 49.5 Å². The number of urea groups is 1. The van der Waals surface area contributed by atoms with Crippen molar-refractivity contribution in [3.63, 3.8) is 0 Å². The van der Waals surface area contributed by atoms with Gasteiger partial charge >= 0.3 is 6.03 Å². The quantitative estimate of drug-likeness (QED) is 0.407. The van der Waals surface area contributed by atoms with Crippen molar-refractivity contribution >= 4 is 53.3 Å². The second kappa shape index (κ2) is 8.69. The van der Waals surface area contributed by atoms with Crippen molar-refractivity contribution in [2.45, 2.75) is 63.1 Å². The van der Waals surface area contributed by atoms with Crippen molar-refractivity contribution in [2.75, 3.05) is 16.0 Å². The fraction of sp³-hybridized carbons (Fsp3) is 0.417. The van der Waals surface area contributed by atoms with Crippen LogP contribution in [0, 0.1) is 12.7 Å². The molecule has 3 aromatic rings. The molecule has 4 heterocycles. The van der Waals surface area contributed by atoms with Crippen LogP contribution in [0.1, 0.15) is 51.1 Å². The number of nitrogens with one attached hydrogen (secondary N) is 3. The standard InChI is InChI=1S/C24H27BClFN6O/c1-14-18(31-22(34)30-15-5-6-17(27)16(26)11-15)12-19-21(29-14)32-20(13-28-19)33-24-9-3-7-23(2,25-24)8-4-10-24/h5-6,11-13,25H,3-4,7-10H2,1-2H3,(H,29,32,33)(H2,30,31,34). The molecule has 2 amide bonds. The molecule has 10 heteroatoms. The third-order valence-corrected chi connectivity index (χ3v) is 7.47. The fourth-order valence-corrected chi connectivity index (χ4v) is 5.83. The van der Waals surface area contributed by atoms with Gasteiger partial charge in [-0.05, 0) is 44.0 Å². The van der Waals surface area contributed by atoms with Gasteiger partial charge in [0.1, 0.15) is 17.2 Å². The van der Waals surface area contributed by atoms with Crippen molar-refractivity contribution < 1.29 is 9.18 Å². The lowest BCUT2D eigenvalue weighted by atomic mass is 9.33. The molecule has 0 spiro atoms. The van der Waals surface area contributed by atoms with Crippen LogP contribution in [-0.4, -0.2) is 33.7 Å². The molecule has 176 valence electrons. The highest BCUT2D eigenvalue weighted by molar-refractivity contribution is 6.46. The van der Waals surface area contributed by atoms with E-state index < -0.39 is 11.8 Å². The Morgan fingerprint density at radius 3 is 2.62 bits per heavy atom. The van der Waals surface area contributed by atoms with Gasteiger partial charge in [-0.15, -0.1) is 0 Å². The normalized spacial score (nSPS) is 23.8. The molecule has 2 aliphatic rings. The minimum absolute atomic E-state index is 0.0633. The summed E-state index contributed by atoms with van der Waals surface area (Å²) in [4.78, 5) is 26.3. The van der Waals surface area contributed by atoms with Gasteiger partial charge < -0.3 is 16.0 Å². The van der Waals surface area contributed by atoms with Crippen LogP contribution in [0.3, 0.4) is 0 Å². The highest BCUT2D eigenvalue weighted by atomic mass is 35.5. The van der Waals surface area contributed by atoms with Crippen LogP contribution in [0.5, 0.6) is 0 Å². The number of aryl methyl sites for hydroxylation is 1. The topological polar surface area (TPSA) is 91.8 Å². The first kappa shape index (κ1) is 22.8. The molecular weight excluding hydrogens is 454 g/mol. The van der Waals surface area contributed by atoms with Crippen molar-refractivity contribution in [2.24, 2.45) is 0 Å². The number of amides is 2. The van der Waals surface area contributed by atoms with E-state index in [1.165, 1.54) is 51.2 Å². The Balaban J connectivity index is 1.32. The van der Waals surface area contributed by atoms with Gasteiger partial charge in [-0.3, -0.25) is 0 Å². The van der Waals surface area contributed by atoms with Crippen LogP contribution in [0.15, 0.2) is 30.5 Å². The molecule has 2 bridgehead atoms. The van der Waals surface area contributed by atoms with E-state index in [0.29, 0.717) is 33.5 Å². The largest absolute Gasteiger partial charge is 0.371 e. The number of pyridine rings is 1. The number of hydrogen-bond acceptors (Lipinski definition) is 5. The molecule has 2 fully saturated rings. The summed E-state index contributed by atoms with van der Waals surface area (Å²) in [5.74, 6) is 0.201. The Bertz CT molecular complexity index is 1260. The lowest BCUT2D eigenvalue weighted by molar-refractivity contribution is 0.262. The van der Waals surface area contributed by atoms with E-state index in [1.807, 2.05) is 0 Å². The third-order valence-electron chi connectivity index (χ3n) is 7.18. The highest BCUT2D eigenvalue weighted by Crippen LogP contribution is 2.51. The minimum Gasteiger partial charge on any atom is -0.371 e. The number of carbonyl (C=O) groups excluding carboxylic acids is 1. The summed E-state index contributed by atoms with van der Waals surface area (Å²) in [5, 5.41) is 9.47. The summed E-state index contributed by atoms with van der Waals surface area (Å²) < 4.78 is 13.3. The first-order chi connectivity index (χ1) is 16.2. The number of aromatic nitrogens is 3. The average Bonchev–Trinajstić information content (AvgIpc) is 2.76. The summed E-state index contributed by atoms with van der Waals surface area (Å²) in [6.07, 6.45) is 9.15. The second-order valence-electron chi connectivity index (χ2n) is 10.0. The Morgan fingerprint density at radius 2 is 1.88 bits per heavy atom. The van der Waals surface area contributed by atoms with Gasteiger partial charge in [-0.2, -0.15) is 0 Å². The molecule has 2 aliphatic heterocycles. The molecule has 0 unspecified atom stereocenters. The number of nitrogens with zero attached hydrogens (tertiary/aromatic N) is 3. The van der Waals surface area contributed by atoms with E-state index in [1.54, 1.807) is 19.2 Å². The van der Waals surface area contributed by atoms with Crippen molar-refractivity contribution in [3.05, 3.63) is 47.0 Å². The van der Waals surface area contributed by atoms with Crippen molar-refractivity contribution in [3.8, 4) is 0 Å². The number of benzene rings is 1. The zero-order valence-electron chi connectivity index (χ0n) is 19.3. The lowest BCUT2D eigenvalue weighted by Gasteiger charge is -2.50. The summed E-state index contributed by atoms with van der Waals surface area (Å²) in [6, 6.07) is 5.25. The zero-order chi connectivity index (χ0) is 23.9. The summed E-state index contributed by atoms with van der Waals surface area (Å²) in [5.41, 5.74) is 2.72. The van der Waals surface area contributed by atoms with Crippen LogP contribution in [0.2, 0.25) is 10.3 Å². The number of rotatable bonds is 4. The van der Waals surface area contributed by atoms with Crippen LogP contribution < -0.4 is 16.0 Å². The van der Waals surface area contributed by atoms with Crippen LogP contribution >= 0.6 is 11.6 Å². The van der Waals surface area contributed by atoms with Crippen molar-refractivity contribution in [1.82, 2.24) is 15.0 Å². The SMILES string of the molecule is Cc1nc2nc(NC34BC(C)(CCC3)CCC4)cnc2cc1NC(=O)Nc1ccc(F)c(Cl)c1. The fourth-order valence-electron chi connectivity index (χ4n) is 5.65. The van der Waals surface area contributed by atoms with E-state index >= 15 is 0 Å². The van der Waals surface area contributed by atoms with Gasteiger partial charge in [-0.25, -0.2) is 24.1 Å². The molecule has 5 rings (SSSR count). The predicted molar refractivity (Wildman–Crippen MR) is 136 cm³/mol. The van der Waals surface area contributed by atoms with Gasteiger partial charge in [0, 0.05) is 11.1 Å². The Labute approximate surface area is 203 Å². The van der Waals surface area contributed by atoms with Gasteiger partial charge in [0.15, 0.2) is 12.9 Å². The molecule has 34 heavy (non-hydrogen) atoms. The third kappa shape index (κ3) is 4.66. The molecule has 0 atom stereocenters. The molecule has 0 aliphatic carbocycles. The van der Waals surface area contributed by atoms with Gasteiger partial charge in [0.25, 0.3) is 0 Å². The lowest BCUT2D eigenvalue weighted by Crippen LogP contribution is -2.54. The van der Waals surface area contributed by atoms with E-state index in [2.05, 4.69) is 32.8 Å². The maximum Gasteiger partial charge on any atom is 0.323 e. The smallest absolute Gasteiger partial charge is 0.323 e. The molecule has 3 N–H and O–H groups in total. The van der Waals surface area contributed by atoms with E-state index in [-0.39, 0.29) is 10.5 Å². The zero-order valence-corrected chi connectivity index (χ0v) is 20.1. The van der Waals surface area contributed by atoms with Gasteiger partial charge in [0.05, 0.1) is 22.6 Å². The Kier molecular flexibility index (Phi) is 5.84. The molecule has 0 saturated carbocycles. The molecule has 7 nitrogen and oxygen atoms in total. The number of carbonyl (C=O) groups is 1. The molecule has 2 saturated heterocycles. The Morgan fingerprint density at radius 1 is 1.12 bits per heavy atom. The maximum absolute atomic E-state index is 13.3. The first-order valence-electron chi connectivity index (χ1n) is 11.7. The van der Waals surface area contributed by atoms with E-state index in [0.717, 1.165) is 18.7 Å². The number of fused-ring (bicyclic) bond motifs is 3. The minimum atomic E-state index is -0.546. The van der Waals surface area contributed by atoms with Crippen LogP contribution in [-0.2, 0) is 0 Å². The Hall–Kier alpha value is -2.94. The summed E-state index contributed by atoms with van der Waals surface area (Å²) in [6.45, 7) is 4.21. The number of halogens is 2. The number of hydrogen-bond donors (Lipinski definition) is 3. The van der Waals surface area contributed by atoms with Gasteiger partial charge in [0.2, 0.25) is 0 Å². The van der Waals surface area contributed by atoms with E-state index in [9.17, 15) is 9.18 Å². The number of anilines is 3. The monoisotopic (exact) mass is 480 g/mol. The molecule has 0 radical (unpaired) electrons. The molecular formula is C24H27BClFN6O. The first-order valence-corrected chi connectivity index (χ1v) is 12.1. The molecule has 1 aromatic carbocycles. The summed E-state index contributed by atoms with van der Waals surface area (Å²) >= 11 is 5.78. The average molecular weight is 481 g/mol. The highest BCUT2D eigenvalue weighted by Gasteiger charge is 2.46. The van der Waals surface area contributed by atoms with Crippen LogP contribution in [0.25, 0.3) is 11.2 Å².